The molecule has 5 heterocycles. The summed E-state index contributed by atoms with van der Waals surface area (Å²) < 4.78 is 49.8. The highest BCUT2D eigenvalue weighted by Gasteiger charge is 2.63. The summed E-state index contributed by atoms with van der Waals surface area (Å²) in [4.78, 5) is 12.3. The summed E-state index contributed by atoms with van der Waals surface area (Å²) in [6.07, 6.45) is -15.5. The Hall–Kier alpha value is -1.39. The molecule has 0 amide bonds. The van der Waals surface area contributed by atoms with E-state index in [1.807, 2.05) is 0 Å². The molecule has 3 saturated carbocycles. The van der Waals surface area contributed by atoms with Crippen LogP contribution in [-0.4, -0.2) is 170 Å². The van der Waals surface area contributed by atoms with E-state index in [-0.39, 0.29) is 35.4 Å². The van der Waals surface area contributed by atoms with Crippen LogP contribution in [0.4, 0.5) is 0 Å². The molecule has 8 N–H and O–H groups in total. The lowest BCUT2D eigenvalue weighted by molar-refractivity contribution is -0.386. The van der Waals surface area contributed by atoms with Crippen LogP contribution in [0.5, 0.6) is 0 Å². The molecule has 9 aliphatic rings. The minimum Gasteiger partial charge on any atom is -0.479 e. The van der Waals surface area contributed by atoms with Crippen molar-refractivity contribution in [2.24, 2.45) is 52.3 Å². The second-order valence-corrected chi connectivity index (χ2v) is 21.2. The molecule has 0 spiro atoms. The van der Waals surface area contributed by atoms with Gasteiger partial charge in [0.15, 0.2) is 25.0 Å². The van der Waals surface area contributed by atoms with Crippen LogP contribution in [0, 0.1) is 52.3 Å². The van der Waals surface area contributed by atoms with Gasteiger partial charge in [-0.05, 0) is 97.2 Å². The number of carbonyl (C=O) groups is 1. The highest BCUT2D eigenvalue weighted by Crippen LogP contribution is 2.68. The third kappa shape index (κ3) is 7.64. The molecule has 4 bridgehead atoms. The van der Waals surface area contributed by atoms with Gasteiger partial charge in [0.05, 0.1) is 37.6 Å². The van der Waals surface area contributed by atoms with Crippen LogP contribution >= 0.6 is 0 Å². The lowest BCUT2D eigenvalue weighted by Gasteiger charge is -2.60. The van der Waals surface area contributed by atoms with Gasteiger partial charge in [0.25, 0.3) is 0 Å². The van der Waals surface area contributed by atoms with E-state index in [1.54, 1.807) is 0 Å². The number of aliphatic hydroxyl groups is 7. The van der Waals surface area contributed by atoms with Crippen molar-refractivity contribution in [3.05, 3.63) is 11.6 Å². The van der Waals surface area contributed by atoms with E-state index < -0.39 is 111 Å². The Morgan fingerprint density at radius 2 is 1.35 bits per heavy atom. The largest absolute Gasteiger partial charge is 0.479 e. The molecule has 26 atom stereocenters. The first-order valence-corrected chi connectivity index (χ1v) is 23.2. The summed E-state index contributed by atoms with van der Waals surface area (Å²) in [5, 5.41) is 87.6. The highest BCUT2D eigenvalue weighted by molar-refractivity contribution is 5.73. The maximum atomic E-state index is 12.3. The van der Waals surface area contributed by atoms with E-state index in [4.69, 9.17) is 37.9 Å². The van der Waals surface area contributed by atoms with Crippen LogP contribution in [-0.2, 0) is 42.7 Å². The molecule has 0 aromatic heterocycles. The molecule has 0 aromatic carbocycles. The number of carboxylic acid groups (broad SMARTS) is 1. The van der Waals surface area contributed by atoms with Gasteiger partial charge in [0.2, 0.25) is 0 Å². The van der Waals surface area contributed by atoms with Gasteiger partial charge in [0, 0.05) is 0 Å². The molecular formula is C45H70O17. The van der Waals surface area contributed by atoms with Crippen molar-refractivity contribution in [3.63, 3.8) is 0 Å². The van der Waals surface area contributed by atoms with Crippen molar-refractivity contribution < 1.29 is 83.5 Å². The van der Waals surface area contributed by atoms with Crippen molar-refractivity contribution in [1.82, 2.24) is 0 Å². The topological polar surface area (TPSA) is 256 Å². The van der Waals surface area contributed by atoms with Crippen molar-refractivity contribution in [3.8, 4) is 0 Å². The van der Waals surface area contributed by atoms with Gasteiger partial charge in [-0.15, -0.1) is 0 Å². The lowest BCUT2D eigenvalue weighted by Crippen LogP contribution is -2.66. The van der Waals surface area contributed by atoms with Crippen LogP contribution in [0.25, 0.3) is 0 Å². The second-order valence-electron chi connectivity index (χ2n) is 21.2. The van der Waals surface area contributed by atoms with E-state index in [1.165, 1.54) is 5.57 Å². The first-order chi connectivity index (χ1) is 29.3. The number of carboxylic acids is 1. The average Bonchev–Trinajstić information content (AvgIpc) is 3.95. The Morgan fingerprint density at radius 1 is 0.661 bits per heavy atom. The van der Waals surface area contributed by atoms with Crippen LogP contribution in [0.3, 0.4) is 0 Å². The molecule has 5 saturated heterocycles. The van der Waals surface area contributed by atoms with Crippen LogP contribution in [0.15, 0.2) is 11.6 Å². The van der Waals surface area contributed by atoms with Crippen LogP contribution in [0.1, 0.15) is 86.5 Å². The second kappa shape index (κ2) is 17.0. The molecule has 17 heteroatoms. The van der Waals surface area contributed by atoms with Crippen molar-refractivity contribution in [2.75, 3.05) is 13.2 Å². The third-order valence-corrected chi connectivity index (χ3v) is 17.6. The standard InChI is InChI=1S/C45H70O17/c1-17(2)18(3)35-36(59-35)19(4)22-7-8-23-21-14-27-25-13-20(9-11-45(25,6)24(21)10-12-44(22,23)5)57-43-39(33(51)32(50)37(60-43)40(53)54)62-42-38(29(47)26(46)15-56-42)61-41-34(52)31(49)30(48)28(58-41)16-55-27/h14,17-20,22-39,41-43,46-52H,7-13,15-16H2,1-6H3,(H,53,54)/t18-,19-,20-,22+,23-,24-,25+,26-,27+,28+,29-,30-,31-,32-,33-,34+,35-,36-,37-,38+,39+,41-,42-,43+,44+,45+/m0/s1. The first kappa shape index (κ1) is 45.8. The van der Waals surface area contributed by atoms with Gasteiger partial charge in [-0.1, -0.05) is 53.2 Å². The number of hydrogen-bond acceptors (Lipinski definition) is 16. The number of aliphatic hydroxyl groups excluding tert-OH is 7. The summed E-state index contributed by atoms with van der Waals surface area (Å²) in [5.41, 5.74) is 1.21. The zero-order valence-electron chi connectivity index (χ0n) is 36.6. The number of allylic oxidation sites excluding steroid dienone is 1. The van der Waals surface area contributed by atoms with Crippen molar-refractivity contribution in [1.29, 1.82) is 0 Å². The first-order valence-electron chi connectivity index (χ1n) is 23.2. The number of epoxide rings is 1. The zero-order chi connectivity index (χ0) is 44.3. The van der Waals surface area contributed by atoms with Gasteiger partial charge < -0.3 is 78.7 Å². The lowest BCUT2D eigenvalue weighted by atomic mass is 9.47. The number of aliphatic carboxylic acids is 1. The number of hydrogen-bond donors (Lipinski definition) is 8. The Bertz CT molecular complexity index is 1660. The smallest absolute Gasteiger partial charge is 0.335 e. The normalized spacial score (nSPS) is 55.1. The highest BCUT2D eigenvalue weighted by atomic mass is 16.8. The predicted molar refractivity (Wildman–Crippen MR) is 214 cm³/mol. The molecule has 0 unspecified atom stereocenters. The Balaban J connectivity index is 1.05. The molecule has 0 radical (unpaired) electrons. The Morgan fingerprint density at radius 3 is 2.08 bits per heavy atom. The maximum Gasteiger partial charge on any atom is 0.335 e. The van der Waals surface area contributed by atoms with E-state index in [9.17, 15) is 45.6 Å². The molecule has 62 heavy (non-hydrogen) atoms. The van der Waals surface area contributed by atoms with Gasteiger partial charge in [-0.25, -0.2) is 4.79 Å². The summed E-state index contributed by atoms with van der Waals surface area (Å²) in [6.45, 7) is 13.4. The zero-order valence-corrected chi connectivity index (χ0v) is 36.6. The summed E-state index contributed by atoms with van der Waals surface area (Å²) >= 11 is 0. The fourth-order valence-corrected chi connectivity index (χ4v) is 13.5. The SMILES string of the molecule is CC(C)[C@H](C)[C@@H]1O[C@H]1[C@@H](C)[C@H]1CC[C@H]2C3=C[C@H]4OC[C@H]5O[C@@H](O[C@H]6[C@@H](OC[C@H](O)[C@@H]6O)O[C@H]6[C@H](O[C@H]7CC[C@@](C)([C@@H]4C7)[C@H]3CC[C@]12C)O[C@H](C(=O)O)[C@@H](O)[C@@H]6O)[C@H](O)[C@@H](O)[C@H]5O. The summed E-state index contributed by atoms with van der Waals surface area (Å²) in [6, 6.07) is 0. The van der Waals surface area contributed by atoms with E-state index >= 15 is 0 Å². The van der Waals surface area contributed by atoms with Crippen LogP contribution < -0.4 is 0 Å². The van der Waals surface area contributed by atoms with Gasteiger partial charge in [0.1, 0.15) is 61.0 Å². The minimum atomic E-state index is -1.95. The fraction of sp³-hybridized carbons (Fsp3) is 0.933. The quantitative estimate of drug-likeness (QED) is 0.141. The molecule has 8 fully saturated rings. The minimum absolute atomic E-state index is 0.0624. The number of rotatable bonds is 5. The van der Waals surface area contributed by atoms with Gasteiger partial charge >= 0.3 is 5.97 Å². The van der Waals surface area contributed by atoms with E-state index in [0.29, 0.717) is 48.5 Å². The molecule has 352 valence electrons. The maximum absolute atomic E-state index is 12.3. The Kier molecular flexibility index (Phi) is 12.6. The van der Waals surface area contributed by atoms with Crippen molar-refractivity contribution >= 4 is 5.97 Å². The summed E-state index contributed by atoms with van der Waals surface area (Å²) in [7, 11) is 0. The Labute approximate surface area is 362 Å². The monoisotopic (exact) mass is 882 g/mol. The molecule has 4 aliphatic carbocycles. The van der Waals surface area contributed by atoms with E-state index in [2.05, 4.69) is 47.6 Å². The third-order valence-electron chi connectivity index (χ3n) is 17.6. The van der Waals surface area contributed by atoms with Crippen LogP contribution in [0.2, 0.25) is 0 Å². The molecule has 9 rings (SSSR count). The molecule has 5 aliphatic heterocycles. The summed E-state index contributed by atoms with van der Waals surface area (Å²) in [5.74, 6) is 0.899. The van der Waals surface area contributed by atoms with E-state index in [0.717, 1.165) is 32.1 Å². The molecule has 0 aromatic rings. The molecular weight excluding hydrogens is 812 g/mol. The number of ether oxygens (including phenoxy) is 8. The van der Waals surface area contributed by atoms with Gasteiger partial charge in [-0.2, -0.15) is 0 Å². The van der Waals surface area contributed by atoms with Gasteiger partial charge in [-0.3, -0.25) is 0 Å². The van der Waals surface area contributed by atoms with Crippen molar-refractivity contribution in [2.45, 2.75) is 197 Å². The predicted octanol–water partition coefficient (Wildman–Crippen LogP) is 0.842. The fourth-order valence-electron chi connectivity index (χ4n) is 13.5. The average molecular weight is 883 g/mol. The number of fused-ring (bicyclic) bond motifs is 9. The molecule has 17 nitrogen and oxygen atoms in total.